The lowest BCUT2D eigenvalue weighted by Crippen LogP contribution is -2.06. The first-order valence-corrected chi connectivity index (χ1v) is 4.89. The Kier molecular flexibility index (Phi) is 2.64. The normalized spacial score (nSPS) is 10.6. The monoisotopic (exact) mass is 223 g/mol. The summed E-state index contributed by atoms with van der Waals surface area (Å²) >= 11 is 5.64. The summed E-state index contributed by atoms with van der Waals surface area (Å²) in [6.07, 6.45) is 0. The molecule has 0 unspecified atom stereocenters. The predicted octanol–water partition coefficient (Wildman–Crippen LogP) is 1.39. The Bertz CT molecular complexity index is 462. The van der Waals surface area contributed by atoms with Crippen molar-refractivity contribution in [2.45, 2.75) is 20.4 Å². The standard InChI is InChI=1S/C9H10ClN5/c1-6-11-7(2)15(14-6)5-8-3-4-9(10)13-12-8/h3-4H,5H2,1-2H3. The highest BCUT2D eigenvalue weighted by Crippen LogP contribution is 2.04. The second kappa shape index (κ2) is 3.94. The van der Waals surface area contributed by atoms with Crippen molar-refractivity contribution in [1.82, 2.24) is 25.0 Å². The molecule has 0 fully saturated rings. The summed E-state index contributed by atoms with van der Waals surface area (Å²) in [5.74, 6) is 1.62. The zero-order valence-corrected chi connectivity index (χ0v) is 9.23. The highest BCUT2D eigenvalue weighted by atomic mass is 35.5. The second-order valence-corrected chi connectivity index (χ2v) is 3.60. The summed E-state index contributed by atoms with van der Waals surface area (Å²) in [5, 5.41) is 12.3. The summed E-state index contributed by atoms with van der Waals surface area (Å²) in [5.41, 5.74) is 0.812. The maximum absolute atomic E-state index is 5.64. The Morgan fingerprint density at radius 3 is 2.60 bits per heavy atom. The molecular formula is C9H10ClN5. The number of hydrogen-bond acceptors (Lipinski definition) is 4. The van der Waals surface area contributed by atoms with Crippen molar-refractivity contribution in [2.75, 3.05) is 0 Å². The molecule has 0 spiro atoms. The zero-order chi connectivity index (χ0) is 10.8. The van der Waals surface area contributed by atoms with Crippen molar-refractivity contribution < 1.29 is 0 Å². The van der Waals surface area contributed by atoms with Gasteiger partial charge in [0.1, 0.15) is 11.6 Å². The van der Waals surface area contributed by atoms with Crippen molar-refractivity contribution in [3.8, 4) is 0 Å². The maximum atomic E-state index is 5.64. The first-order chi connectivity index (χ1) is 7.15. The molecule has 78 valence electrons. The van der Waals surface area contributed by atoms with Gasteiger partial charge in [-0.25, -0.2) is 9.67 Å². The molecule has 0 amide bonds. The topological polar surface area (TPSA) is 56.5 Å². The fourth-order valence-corrected chi connectivity index (χ4v) is 1.39. The van der Waals surface area contributed by atoms with Gasteiger partial charge in [-0.1, -0.05) is 11.6 Å². The fourth-order valence-electron chi connectivity index (χ4n) is 1.29. The lowest BCUT2D eigenvalue weighted by molar-refractivity contribution is 0.636. The van der Waals surface area contributed by atoms with E-state index in [-0.39, 0.29) is 0 Å². The molecule has 0 saturated heterocycles. The molecule has 0 aliphatic rings. The van der Waals surface area contributed by atoms with Crippen LogP contribution >= 0.6 is 11.6 Å². The third-order valence-electron chi connectivity index (χ3n) is 1.96. The molecule has 2 aromatic heterocycles. The SMILES string of the molecule is Cc1nc(C)n(Cc2ccc(Cl)nn2)n1. The Balaban J connectivity index is 2.21. The Morgan fingerprint density at radius 2 is 2.07 bits per heavy atom. The van der Waals surface area contributed by atoms with Crippen LogP contribution in [0.25, 0.3) is 0 Å². The number of nitrogens with zero attached hydrogens (tertiary/aromatic N) is 5. The van der Waals surface area contributed by atoms with E-state index in [9.17, 15) is 0 Å². The van der Waals surface area contributed by atoms with Gasteiger partial charge in [-0.05, 0) is 26.0 Å². The molecule has 0 aromatic carbocycles. The Labute approximate surface area is 92.1 Å². The Morgan fingerprint density at radius 1 is 1.27 bits per heavy atom. The van der Waals surface area contributed by atoms with E-state index in [0.29, 0.717) is 11.7 Å². The number of aromatic nitrogens is 5. The first-order valence-electron chi connectivity index (χ1n) is 4.51. The van der Waals surface area contributed by atoms with Gasteiger partial charge >= 0.3 is 0 Å². The van der Waals surface area contributed by atoms with Crippen molar-refractivity contribution in [1.29, 1.82) is 0 Å². The average Bonchev–Trinajstić information content (AvgIpc) is 2.49. The third kappa shape index (κ3) is 2.30. The van der Waals surface area contributed by atoms with Crippen molar-refractivity contribution in [3.05, 3.63) is 34.6 Å². The number of rotatable bonds is 2. The minimum absolute atomic E-state index is 0.394. The third-order valence-corrected chi connectivity index (χ3v) is 2.16. The Hall–Kier alpha value is -1.49. The van der Waals surface area contributed by atoms with E-state index < -0.39 is 0 Å². The average molecular weight is 224 g/mol. The summed E-state index contributed by atoms with van der Waals surface area (Å²) in [7, 11) is 0. The highest BCUT2D eigenvalue weighted by Gasteiger charge is 2.04. The molecular weight excluding hydrogens is 214 g/mol. The zero-order valence-electron chi connectivity index (χ0n) is 8.48. The van der Waals surface area contributed by atoms with Crippen LogP contribution in [0.15, 0.2) is 12.1 Å². The smallest absolute Gasteiger partial charge is 0.151 e. The van der Waals surface area contributed by atoms with E-state index in [0.717, 1.165) is 17.3 Å². The number of halogens is 1. The van der Waals surface area contributed by atoms with Crippen molar-refractivity contribution >= 4 is 11.6 Å². The van der Waals surface area contributed by atoms with Gasteiger partial charge in [-0.15, -0.1) is 5.10 Å². The molecule has 2 heterocycles. The van der Waals surface area contributed by atoms with Gasteiger partial charge in [-0.2, -0.15) is 10.2 Å². The van der Waals surface area contributed by atoms with Gasteiger partial charge in [-0.3, -0.25) is 0 Å². The lowest BCUT2D eigenvalue weighted by Gasteiger charge is -2.01. The largest absolute Gasteiger partial charge is 0.244 e. The van der Waals surface area contributed by atoms with Crippen LogP contribution in [0.5, 0.6) is 0 Å². The van der Waals surface area contributed by atoms with Gasteiger partial charge in [0.15, 0.2) is 5.15 Å². The number of hydrogen-bond donors (Lipinski definition) is 0. The maximum Gasteiger partial charge on any atom is 0.151 e. The van der Waals surface area contributed by atoms with Crippen LogP contribution in [-0.2, 0) is 6.54 Å². The number of aryl methyl sites for hydroxylation is 2. The van der Waals surface area contributed by atoms with Crippen LogP contribution in [-0.4, -0.2) is 25.0 Å². The van der Waals surface area contributed by atoms with Crippen molar-refractivity contribution in [3.63, 3.8) is 0 Å². The van der Waals surface area contributed by atoms with Crippen LogP contribution in [0.1, 0.15) is 17.3 Å². The summed E-state index contributed by atoms with van der Waals surface area (Å²) in [6, 6.07) is 3.54. The minimum atomic E-state index is 0.394. The van der Waals surface area contributed by atoms with Crippen LogP contribution in [0.4, 0.5) is 0 Å². The molecule has 0 radical (unpaired) electrons. The summed E-state index contributed by atoms with van der Waals surface area (Å²) in [4.78, 5) is 4.20. The minimum Gasteiger partial charge on any atom is -0.244 e. The fraction of sp³-hybridized carbons (Fsp3) is 0.333. The van der Waals surface area contributed by atoms with Crippen LogP contribution < -0.4 is 0 Å². The second-order valence-electron chi connectivity index (χ2n) is 3.21. The molecule has 6 heteroatoms. The molecule has 2 aromatic rings. The van der Waals surface area contributed by atoms with E-state index in [1.807, 2.05) is 19.9 Å². The molecule has 2 rings (SSSR count). The molecule has 0 atom stereocenters. The van der Waals surface area contributed by atoms with E-state index in [1.165, 1.54) is 0 Å². The van der Waals surface area contributed by atoms with Crippen LogP contribution in [0.3, 0.4) is 0 Å². The molecule has 0 bridgehead atoms. The molecule has 15 heavy (non-hydrogen) atoms. The van der Waals surface area contributed by atoms with Gasteiger partial charge in [0.2, 0.25) is 0 Å². The lowest BCUT2D eigenvalue weighted by atomic mass is 10.4. The van der Waals surface area contributed by atoms with Crippen molar-refractivity contribution in [2.24, 2.45) is 0 Å². The van der Waals surface area contributed by atoms with Crippen LogP contribution in [0.2, 0.25) is 5.15 Å². The molecule has 0 aliphatic heterocycles. The van der Waals surface area contributed by atoms with Gasteiger partial charge in [0, 0.05) is 0 Å². The first kappa shape index (κ1) is 10.0. The summed E-state index contributed by atoms with van der Waals surface area (Å²) < 4.78 is 1.78. The van der Waals surface area contributed by atoms with E-state index >= 15 is 0 Å². The van der Waals surface area contributed by atoms with Crippen LogP contribution in [0, 0.1) is 13.8 Å². The molecule has 0 N–H and O–H groups in total. The predicted molar refractivity (Wildman–Crippen MR) is 55.6 cm³/mol. The van der Waals surface area contributed by atoms with E-state index in [4.69, 9.17) is 11.6 Å². The molecule has 0 aliphatic carbocycles. The highest BCUT2D eigenvalue weighted by molar-refractivity contribution is 6.29. The quantitative estimate of drug-likeness (QED) is 0.772. The van der Waals surface area contributed by atoms with E-state index in [2.05, 4.69) is 20.3 Å². The van der Waals surface area contributed by atoms with Gasteiger partial charge < -0.3 is 0 Å². The van der Waals surface area contributed by atoms with Gasteiger partial charge in [0.05, 0.1) is 12.2 Å². The van der Waals surface area contributed by atoms with Gasteiger partial charge in [0.25, 0.3) is 0 Å². The summed E-state index contributed by atoms with van der Waals surface area (Å²) in [6.45, 7) is 4.33. The molecule has 5 nitrogen and oxygen atoms in total. The van der Waals surface area contributed by atoms with E-state index in [1.54, 1.807) is 10.7 Å². The molecule has 0 saturated carbocycles.